The van der Waals surface area contributed by atoms with E-state index in [-0.39, 0.29) is 12.2 Å². The van der Waals surface area contributed by atoms with Gasteiger partial charge in [-0.2, -0.15) is 0 Å². The lowest BCUT2D eigenvalue weighted by atomic mass is 10.2. The van der Waals surface area contributed by atoms with Crippen molar-refractivity contribution in [2.75, 3.05) is 26.3 Å². The average molecular weight is 375 g/mol. The molecular weight excluding hydrogens is 350 g/mol. The number of aliphatic hydroxyl groups is 1. The number of hydrogen-bond donors (Lipinski definition) is 2. The molecule has 1 atom stereocenters. The fraction of sp³-hybridized carbons (Fsp3) is 0.474. The number of fused-ring (bicyclic) bond motifs is 3. The minimum Gasteiger partial charge on any atom is -0.389 e. The Balaban J connectivity index is 1.73. The zero-order valence-electron chi connectivity index (χ0n) is 14.9. The van der Waals surface area contributed by atoms with Crippen LogP contribution in [0.4, 0.5) is 0 Å². The van der Waals surface area contributed by atoms with Gasteiger partial charge in [-0.25, -0.2) is 4.98 Å². The summed E-state index contributed by atoms with van der Waals surface area (Å²) in [5, 5.41) is 10.9. The van der Waals surface area contributed by atoms with Crippen LogP contribution in [0.25, 0.3) is 10.2 Å². The van der Waals surface area contributed by atoms with Crippen molar-refractivity contribution in [3.05, 3.63) is 51.9 Å². The van der Waals surface area contributed by atoms with Gasteiger partial charge >= 0.3 is 0 Å². The molecule has 2 heterocycles. The largest absolute Gasteiger partial charge is 0.389 e. The Morgan fingerprint density at radius 1 is 1.38 bits per heavy atom. The van der Waals surface area contributed by atoms with Crippen molar-refractivity contribution in [3.8, 4) is 0 Å². The Labute approximate surface area is 156 Å². The Morgan fingerprint density at radius 3 is 3.00 bits per heavy atom. The molecule has 0 radical (unpaired) electrons. The summed E-state index contributed by atoms with van der Waals surface area (Å²) >= 11 is 1.63. The summed E-state index contributed by atoms with van der Waals surface area (Å²) in [5.74, 6) is 0.614. The number of ether oxygens (including phenoxy) is 1. The summed E-state index contributed by atoms with van der Waals surface area (Å²) in [5.41, 5.74) is 1.13. The molecule has 0 saturated heterocycles. The number of H-pyrrole nitrogens is 1. The van der Waals surface area contributed by atoms with Crippen LogP contribution < -0.4 is 5.56 Å². The van der Waals surface area contributed by atoms with Crippen LogP contribution in [-0.2, 0) is 24.1 Å². The standard InChI is InChI=1S/C19H25N3O3S/c1-3-8-22(10-13(23)12-25-9-4-2)11-16-20-18(24)17-14-6-5-7-15(14)26-19(17)21-16/h3-4,13,23H,1-2,5-12H2,(H,20,21,24)/t13-/m0/s1. The number of hydrogen-bond acceptors (Lipinski definition) is 6. The average Bonchev–Trinajstić information content (AvgIpc) is 3.15. The lowest BCUT2D eigenvalue weighted by Gasteiger charge is -2.23. The molecule has 0 unspecified atom stereocenters. The fourth-order valence-electron chi connectivity index (χ4n) is 3.36. The molecule has 0 bridgehead atoms. The molecule has 1 aliphatic carbocycles. The first-order chi connectivity index (χ1) is 12.6. The third kappa shape index (κ3) is 4.29. The topological polar surface area (TPSA) is 78.5 Å². The highest BCUT2D eigenvalue weighted by Gasteiger charge is 2.21. The quantitative estimate of drug-likeness (QED) is 0.491. The summed E-state index contributed by atoms with van der Waals surface area (Å²) in [4.78, 5) is 24.2. The number of aromatic amines is 1. The van der Waals surface area contributed by atoms with E-state index in [0.717, 1.165) is 29.5 Å². The maximum absolute atomic E-state index is 12.6. The van der Waals surface area contributed by atoms with Gasteiger partial charge in [-0.05, 0) is 24.8 Å². The Kier molecular flexibility index (Phi) is 6.37. The van der Waals surface area contributed by atoms with Gasteiger partial charge in [-0.3, -0.25) is 9.69 Å². The lowest BCUT2D eigenvalue weighted by molar-refractivity contribution is 0.0265. The lowest BCUT2D eigenvalue weighted by Crippen LogP contribution is -2.35. The second-order valence-electron chi connectivity index (χ2n) is 6.51. The van der Waals surface area contributed by atoms with Gasteiger partial charge in [0.2, 0.25) is 0 Å². The van der Waals surface area contributed by atoms with Gasteiger partial charge in [-0.1, -0.05) is 12.2 Å². The summed E-state index contributed by atoms with van der Waals surface area (Å²) in [6.07, 6.45) is 5.93. The summed E-state index contributed by atoms with van der Waals surface area (Å²) < 4.78 is 5.29. The molecule has 0 fully saturated rings. The van der Waals surface area contributed by atoms with Crippen molar-refractivity contribution in [1.82, 2.24) is 14.9 Å². The first-order valence-electron chi connectivity index (χ1n) is 8.85. The van der Waals surface area contributed by atoms with E-state index in [1.807, 2.05) is 4.90 Å². The fourth-order valence-corrected chi connectivity index (χ4v) is 4.64. The number of nitrogens with zero attached hydrogens (tertiary/aromatic N) is 2. The van der Waals surface area contributed by atoms with E-state index in [1.54, 1.807) is 23.5 Å². The van der Waals surface area contributed by atoms with Gasteiger partial charge in [-0.15, -0.1) is 24.5 Å². The zero-order chi connectivity index (χ0) is 18.5. The van der Waals surface area contributed by atoms with E-state index in [0.29, 0.717) is 32.1 Å². The van der Waals surface area contributed by atoms with Crippen molar-refractivity contribution < 1.29 is 9.84 Å². The Bertz CT molecular complexity index is 842. The zero-order valence-corrected chi connectivity index (χ0v) is 15.7. The second kappa shape index (κ2) is 8.73. The molecule has 0 spiro atoms. The molecular formula is C19H25N3O3S. The van der Waals surface area contributed by atoms with Crippen LogP contribution in [-0.4, -0.2) is 52.4 Å². The van der Waals surface area contributed by atoms with Crippen LogP contribution in [0.1, 0.15) is 22.7 Å². The number of rotatable bonds is 10. The third-order valence-corrected chi connectivity index (χ3v) is 5.59. The van der Waals surface area contributed by atoms with Crippen LogP contribution in [0.3, 0.4) is 0 Å². The van der Waals surface area contributed by atoms with Crippen LogP contribution >= 0.6 is 11.3 Å². The maximum atomic E-state index is 12.6. The minimum absolute atomic E-state index is 0.0576. The molecule has 2 aromatic rings. The summed E-state index contributed by atoms with van der Waals surface area (Å²) in [6.45, 7) is 9.43. The Morgan fingerprint density at radius 2 is 2.23 bits per heavy atom. The molecule has 2 aromatic heterocycles. The maximum Gasteiger partial charge on any atom is 0.259 e. The molecule has 2 N–H and O–H groups in total. The minimum atomic E-state index is -0.629. The van der Waals surface area contributed by atoms with Gasteiger partial charge < -0.3 is 14.8 Å². The molecule has 0 saturated carbocycles. The molecule has 0 aliphatic heterocycles. The highest BCUT2D eigenvalue weighted by atomic mass is 32.1. The van der Waals surface area contributed by atoms with Crippen molar-refractivity contribution >= 4 is 21.6 Å². The predicted molar refractivity (Wildman–Crippen MR) is 105 cm³/mol. The number of nitrogens with one attached hydrogen (secondary N) is 1. The molecule has 0 aromatic carbocycles. The van der Waals surface area contributed by atoms with Gasteiger partial charge in [0, 0.05) is 18.0 Å². The van der Waals surface area contributed by atoms with Crippen molar-refractivity contribution in [2.45, 2.75) is 31.9 Å². The Hall–Kier alpha value is -1.80. The van der Waals surface area contributed by atoms with Gasteiger partial charge in [0.1, 0.15) is 10.7 Å². The number of aromatic nitrogens is 2. The van der Waals surface area contributed by atoms with Crippen molar-refractivity contribution in [2.24, 2.45) is 0 Å². The van der Waals surface area contributed by atoms with E-state index < -0.39 is 6.10 Å². The van der Waals surface area contributed by atoms with Gasteiger partial charge in [0.05, 0.1) is 31.2 Å². The van der Waals surface area contributed by atoms with Crippen LogP contribution in [0.5, 0.6) is 0 Å². The highest BCUT2D eigenvalue weighted by molar-refractivity contribution is 7.18. The van der Waals surface area contributed by atoms with E-state index in [4.69, 9.17) is 4.74 Å². The first-order valence-corrected chi connectivity index (χ1v) is 9.67. The van der Waals surface area contributed by atoms with Crippen LogP contribution in [0, 0.1) is 0 Å². The number of aliphatic hydroxyl groups excluding tert-OH is 1. The predicted octanol–water partition coefficient (Wildman–Crippen LogP) is 2.02. The van der Waals surface area contributed by atoms with Crippen LogP contribution in [0.15, 0.2) is 30.1 Å². The van der Waals surface area contributed by atoms with E-state index in [9.17, 15) is 9.90 Å². The first kappa shape index (κ1) is 19.0. The van der Waals surface area contributed by atoms with Crippen molar-refractivity contribution in [1.29, 1.82) is 0 Å². The molecule has 140 valence electrons. The normalized spacial score (nSPS) is 14.7. The molecule has 6 nitrogen and oxygen atoms in total. The third-order valence-electron chi connectivity index (χ3n) is 4.40. The van der Waals surface area contributed by atoms with Gasteiger partial charge in [0.25, 0.3) is 5.56 Å². The van der Waals surface area contributed by atoms with Gasteiger partial charge in [0.15, 0.2) is 0 Å². The molecule has 26 heavy (non-hydrogen) atoms. The smallest absolute Gasteiger partial charge is 0.259 e. The van der Waals surface area contributed by atoms with Crippen molar-refractivity contribution in [3.63, 3.8) is 0 Å². The molecule has 0 amide bonds. The number of aryl methyl sites for hydroxylation is 2. The monoisotopic (exact) mass is 375 g/mol. The number of thiophene rings is 1. The summed E-state index contributed by atoms with van der Waals surface area (Å²) in [6, 6.07) is 0. The van der Waals surface area contributed by atoms with E-state index in [1.165, 1.54) is 10.4 Å². The second-order valence-corrected chi connectivity index (χ2v) is 7.60. The molecule has 1 aliphatic rings. The molecule has 7 heteroatoms. The molecule has 3 rings (SSSR count). The SMILES string of the molecule is C=CCOC[C@@H](O)CN(CC=C)Cc1nc2sc3c(c2c(=O)[nH]1)CCC3. The van der Waals surface area contributed by atoms with E-state index in [2.05, 4.69) is 23.1 Å². The highest BCUT2D eigenvalue weighted by Crippen LogP contribution is 2.34. The van der Waals surface area contributed by atoms with Crippen LogP contribution in [0.2, 0.25) is 0 Å². The van der Waals surface area contributed by atoms with E-state index >= 15 is 0 Å². The summed E-state index contributed by atoms with van der Waals surface area (Å²) in [7, 11) is 0.